The molecule has 1 aliphatic rings. The standard InChI is InChI=1S/C21H25N5O/c1-3-15-7-5-8-17(13-15)23-21(27)25-12-10-16(14-25)19-24-18-9-6-11-22-20(18)26(19)4-2/h5-9,11,13,16H,3-4,10,12,14H2,1-2H3,(H,23,27)/t16-/m0/s1. The fraction of sp³-hybridized carbons (Fsp3) is 0.381. The van der Waals surface area contributed by atoms with Crippen LogP contribution in [0.5, 0.6) is 0 Å². The molecule has 0 radical (unpaired) electrons. The van der Waals surface area contributed by atoms with Gasteiger partial charge in [-0.2, -0.15) is 0 Å². The van der Waals surface area contributed by atoms with E-state index in [0.717, 1.165) is 48.6 Å². The van der Waals surface area contributed by atoms with Gasteiger partial charge in [0.25, 0.3) is 0 Å². The van der Waals surface area contributed by atoms with Crippen molar-refractivity contribution in [3.05, 3.63) is 54.0 Å². The highest BCUT2D eigenvalue weighted by Gasteiger charge is 2.31. The minimum Gasteiger partial charge on any atom is -0.324 e. The van der Waals surface area contributed by atoms with Crippen LogP contribution in [0.25, 0.3) is 11.2 Å². The third-order valence-electron chi connectivity index (χ3n) is 5.28. The van der Waals surface area contributed by atoms with Crippen LogP contribution in [0.1, 0.15) is 37.6 Å². The number of imidazole rings is 1. The second-order valence-corrected chi connectivity index (χ2v) is 6.98. The lowest BCUT2D eigenvalue weighted by molar-refractivity contribution is 0.222. The SMILES string of the molecule is CCc1cccc(NC(=O)N2CC[C@H](c3nc4cccnc4n3CC)C2)c1. The second-order valence-electron chi connectivity index (χ2n) is 6.98. The first-order valence-electron chi connectivity index (χ1n) is 9.65. The topological polar surface area (TPSA) is 63.1 Å². The minimum atomic E-state index is -0.0389. The van der Waals surface area contributed by atoms with Crippen molar-refractivity contribution in [1.29, 1.82) is 0 Å². The number of nitrogens with zero attached hydrogens (tertiary/aromatic N) is 4. The summed E-state index contributed by atoms with van der Waals surface area (Å²) >= 11 is 0. The summed E-state index contributed by atoms with van der Waals surface area (Å²) < 4.78 is 2.17. The maximum Gasteiger partial charge on any atom is 0.321 e. The Morgan fingerprint density at radius 1 is 1.26 bits per heavy atom. The summed E-state index contributed by atoms with van der Waals surface area (Å²) in [5, 5.41) is 3.03. The van der Waals surface area contributed by atoms with Crippen molar-refractivity contribution in [1.82, 2.24) is 19.4 Å². The number of urea groups is 1. The molecule has 1 saturated heterocycles. The van der Waals surface area contributed by atoms with E-state index in [-0.39, 0.29) is 11.9 Å². The van der Waals surface area contributed by atoms with Gasteiger partial charge in [-0.15, -0.1) is 0 Å². The molecule has 0 unspecified atom stereocenters. The molecule has 2 aromatic heterocycles. The van der Waals surface area contributed by atoms with Crippen LogP contribution in [0.3, 0.4) is 0 Å². The lowest BCUT2D eigenvalue weighted by Gasteiger charge is -2.18. The fourth-order valence-electron chi connectivity index (χ4n) is 3.83. The molecule has 6 heteroatoms. The number of carbonyl (C=O) groups is 1. The number of hydrogen-bond donors (Lipinski definition) is 1. The van der Waals surface area contributed by atoms with Crippen LogP contribution in [-0.4, -0.2) is 38.6 Å². The molecule has 1 fully saturated rings. The van der Waals surface area contributed by atoms with Crippen LogP contribution in [0.15, 0.2) is 42.6 Å². The summed E-state index contributed by atoms with van der Waals surface area (Å²) in [5.41, 5.74) is 3.92. The molecular weight excluding hydrogens is 338 g/mol. The Morgan fingerprint density at radius 2 is 2.15 bits per heavy atom. The molecule has 27 heavy (non-hydrogen) atoms. The normalized spacial score (nSPS) is 16.8. The zero-order valence-corrected chi connectivity index (χ0v) is 15.9. The zero-order chi connectivity index (χ0) is 18.8. The molecule has 0 bridgehead atoms. The first-order chi connectivity index (χ1) is 13.2. The second kappa shape index (κ2) is 7.39. The van der Waals surface area contributed by atoms with Gasteiger partial charge in [-0.3, -0.25) is 0 Å². The number of aryl methyl sites for hydroxylation is 2. The van der Waals surface area contributed by atoms with E-state index in [4.69, 9.17) is 4.98 Å². The van der Waals surface area contributed by atoms with Gasteiger partial charge in [0.1, 0.15) is 11.3 Å². The van der Waals surface area contributed by atoms with Crippen LogP contribution in [0.4, 0.5) is 10.5 Å². The van der Waals surface area contributed by atoms with Crippen molar-refractivity contribution >= 4 is 22.9 Å². The Labute approximate surface area is 159 Å². The molecule has 3 heterocycles. The highest BCUT2D eigenvalue weighted by atomic mass is 16.2. The molecule has 1 atom stereocenters. The van der Waals surface area contributed by atoms with Gasteiger partial charge in [0, 0.05) is 37.4 Å². The zero-order valence-electron chi connectivity index (χ0n) is 15.9. The number of likely N-dealkylation sites (tertiary alicyclic amines) is 1. The van der Waals surface area contributed by atoms with Gasteiger partial charge in [-0.1, -0.05) is 19.1 Å². The third-order valence-corrected chi connectivity index (χ3v) is 5.28. The van der Waals surface area contributed by atoms with Crippen LogP contribution < -0.4 is 5.32 Å². The minimum absolute atomic E-state index is 0.0389. The van der Waals surface area contributed by atoms with E-state index in [1.807, 2.05) is 35.2 Å². The predicted molar refractivity (Wildman–Crippen MR) is 107 cm³/mol. The highest BCUT2D eigenvalue weighted by Crippen LogP contribution is 2.29. The highest BCUT2D eigenvalue weighted by molar-refractivity contribution is 5.89. The van der Waals surface area contributed by atoms with Gasteiger partial charge in [0.2, 0.25) is 0 Å². The van der Waals surface area contributed by atoms with Crippen LogP contribution in [0, 0.1) is 0 Å². The number of hydrogen-bond acceptors (Lipinski definition) is 3. The Balaban J connectivity index is 1.49. The number of aromatic nitrogens is 3. The Hall–Kier alpha value is -2.89. The van der Waals surface area contributed by atoms with Gasteiger partial charge in [0.05, 0.1) is 0 Å². The summed E-state index contributed by atoms with van der Waals surface area (Å²) in [6.07, 6.45) is 3.68. The summed E-state index contributed by atoms with van der Waals surface area (Å²) in [5.74, 6) is 1.28. The van der Waals surface area contributed by atoms with E-state index in [9.17, 15) is 4.79 Å². The smallest absolute Gasteiger partial charge is 0.321 e. The number of benzene rings is 1. The molecule has 4 rings (SSSR count). The lowest BCUT2D eigenvalue weighted by Crippen LogP contribution is -2.33. The molecule has 1 aromatic carbocycles. The molecule has 1 aliphatic heterocycles. The number of pyridine rings is 1. The average molecular weight is 363 g/mol. The number of anilines is 1. The maximum atomic E-state index is 12.7. The molecular formula is C21H25N5O. The van der Waals surface area contributed by atoms with Gasteiger partial charge in [-0.05, 0) is 49.6 Å². The van der Waals surface area contributed by atoms with Crippen molar-refractivity contribution in [3.63, 3.8) is 0 Å². The summed E-state index contributed by atoms with van der Waals surface area (Å²) in [7, 11) is 0. The van der Waals surface area contributed by atoms with Gasteiger partial charge in [-0.25, -0.2) is 14.8 Å². The van der Waals surface area contributed by atoms with Crippen LogP contribution in [0.2, 0.25) is 0 Å². The van der Waals surface area contributed by atoms with E-state index in [1.54, 1.807) is 6.20 Å². The molecule has 1 N–H and O–H groups in total. The number of amides is 2. The largest absolute Gasteiger partial charge is 0.324 e. The number of carbonyl (C=O) groups excluding carboxylic acids is 1. The van der Waals surface area contributed by atoms with Crippen molar-refractivity contribution in [2.24, 2.45) is 0 Å². The molecule has 140 valence electrons. The Morgan fingerprint density at radius 3 is 2.96 bits per heavy atom. The van der Waals surface area contributed by atoms with Crippen molar-refractivity contribution in [2.75, 3.05) is 18.4 Å². The Bertz CT molecular complexity index is 964. The Kier molecular flexibility index (Phi) is 4.79. The van der Waals surface area contributed by atoms with Gasteiger partial charge < -0.3 is 14.8 Å². The molecule has 0 spiro atoms. The first-order valence-corrected chi connectivity index (χ1v) is 9.65. The number of fused-ring (bicyclic) bond motifs is 1. The summed E-state index contributed by atoms with van der Waals surface area (Å²) in [6.45, 7) is 6.47. The number of rotatable bonds is 4. The van der Waals surface area contributed by atoms with Crippen molar-refractivity contribution < 1.29 is 4.79 Å². The number of nitrogens with one attached hydrogen (secondary N) is 1. The fourth-order valence-corrected chi connectivity index (χ4v) is 3.83. The van der Waals surface area contributed by atoms with Crippen LogP contribution >= 0.6 is 0 Å². The molecule has 3 aromatic rings. The van der Waals surface area contributed by atoms with E-state index in [1.165, 1.54) is 5.56 Å². The maximum absolute atomic E-state index is 12.7. The quantitative estimate of drug-likeness (QED) is 0.761. The van der Waals surface area contributed by atoms with Gasteiger partial charge >= 0.3 is 6.03 Å². The molecule has 0 saturated carbocycles. The van der Waals surface area contributed by atoms with E-state index >= 15 is 0 Å². The third kappa shape index (κ3) is 3.39. The average Bonchev–Trinajstić information content (AvgIpc) is 3.32. The predicted octanol–water partition coefficient (Wildman–Crippen LogP) is 4.04. The van der Waals surface area contributed by atoms with Crippen molar-refractivity contribution in [3.8, 4) is 0 Å². The molecule has 0 aliphatic carbocycles. The summed E-state index contributed by atoms with van der Waals surface area (Å²) in [6, 6.07) is 11.9. The van der Waals surface area contributed by atoms with Crippen molar-refractivity contribution in [2.45, 2.75) is 39.2 Å². The van der Waals surface area contributed by atoms with E-state index < -0.39 is 0 Å². The molecule has 6 nitrogen and oxygen atoms in total. The summed E-state index contributed by atoms with van der Waals surface area (Å²) in [4.78, 5) is 23.9. The molecule has 2 amide bonds. The lowest BCUT2D eigenvalue weighted by atomic mass is 10.1. The van der Waals surface area contributed by atoms with Crippen LogP contribution in [-0.2, 0) is 13.0 Å². The van der Waals surface area contributed by atoms with Gasteiger partial charge in [0.15, 0.2) is 5.65 Å². The first kappa shape index (κ1) is 17.5. The monoisotopic (exact) mass is 363 g/mol. The van der Waals surface area contributed by atoms with E-state index in [0.29, 0.717) is 6.54 Å². The van der Waals surface area contributed by atoms with E-state index in [2.05, 4.69) is 34.8 Å².